The summed E-state index contributed by atoms with van der Waals surface area (Å²) in [7, 11) is 0. The molecule has 30 heavy (non-hydrogen) atoms. The van der Waals surface area contributed by atoms with E-state index in [1.807, 2.05) is 54.9 Å². The van der Waals surface area contributed by atoms with Crippen molar-refractivity contribution in [1.82, 2.24) is 29.7 Å². The first-order valence-electron chi connectivity index (χ1n) is 9.94. The van der Waals surface area contributed by atoms with Crippen molar-refractivity contribution in [3.05, 3.63) is 84.4 Å². The van der Waals surface area contributed by atoms with Crippen molar-refractivity contribution in [3.8, 4) is 0 Å². The lowest BCUT2D eigenvalue weighted by Gasteiger charge is -2.41. The Balaban J connectivity index is 1.42. The van der Waals surface area contributed by atoms with Gasteiger partial charge in [0.15, 0.2) is 6.17 Å². The van der Waals surface area contributed by atoms with Crippen molar-refractivity contribution in [1.29, 1.82) is 0 Å². The number of hydrogen-bond acceptors (Lipinski definition) is 7. The average molecular weight is 396 g/mol. The third-order valence-electron chi connectivity index (χ3n) is 5.46. The fraction of sp³-hybridized carbons (Fsp3) is 0.182. The molecular weight excluding hydrogens is 376 g/mol. The van der Waals surface area contributed by atoms with Crippen LogP contribution in [0.4, 0.5) is 5.95 Å². The molecule has 1 N–H and O–H groups in total. The van der Waals surface area contributed by atoms with Crippen molar-refractivity contribution in [2.24, 2.45) is 4.99 Å². The average Bonchev–Trinajstić information content (AvgIpc) is 3.20. The van der Waals surface area contributed by atoms with Gasteiger partial charge in [0.25, 0.3) is 0 Å². The zero-order chi connectivity index (χ0) is 19.9. The molecule has 8 nitrogen and oxygen atoms in total. The summed E-state index contributed by atoms with van der Waals surface area (Å²) in [6.45, 7) is 2.09. The maximum atomic E-state index is 4.96. The number of pyridine rings is 2. The third-order valence-corrected chi connectivity index (χ3v) is 5.46. The largest absolute Gasteiger partial charge is 0.330 e. The first-order chi connectivity index (χ1) is 14.9. The minimum absolute atomic E-state index is 0.159. The summed E-state index contributed by atoms with van der Waals surface area (Å²) in [5.41, 5.74) is 4.13. The molecular formula is C22H20N8. The summed E-state index contributed by atoms with van der Waals surface area (Å²) < 4.78 is 2.21. The van der Waals surface area contributed by atoms with Crippen LogP contribution in [0.15, 0.2) is 78.2 Å². The van der Waals surface area contributed by atoms with Crippen LogP contribution >= 0.6 is 0 Å². The molecule has 0 aliphatic carbocycles. The smallest absolute Gasteiger partial charge is 0.216 e. The number of rotatable bonds is 3. The standard InChI is InChI=1S/C22H20N8/c1-2-9-19-17(7-1)26-22-29-15-28(13-16-6-5-10-23-12-16)14-25-21(29)27-20(30(19)22)18-8-3-4-11-24-18/h1-12,20H,13-15H2,(H,25,27). The van der Waals surface area contributed by atoms with Gasteiger partial charge in [0.05, 0.1) is 30.1 Å². The second-order valence-electron chi connectivity index (χ2n) is 7.45. The molecule has 148 valence electrons. The van der Waals surface area contributed by atoms with E-state index in [0.29, 0.717) is 13.3 Å². The molecule has 5 heterocycles. The number of hydrogen-bond donors (Lipinski definition) is 1. The van der Waals surface area contributed by atoms with Crippen LogP contribution in [0.2, 0.25) is 0 Å². The molecule has 1 atom stereocenters. The number of benzene rings is 1. The number of nitrogens with zero attached hydrogens (tertiary/aromatic N) is 7. The molecule has 0 spiro atoms. The highest BCUT2D eigenvalue weighted by Crippen LogP contribution is 2.33. The maximum absolute atomic E-state index is 4.96. The summed E-state index contributed by atoms with van der Waals surface area (Å²) >= 11 is 0. The molecule has 1 unspecified atom stereocenters. The Morgan fingerprint density at radius 1 is 1.00 bits per heavy atom. The van der Waals surface area contributed by atoms with Crippen molar-refractivity contribution in [2.75, 3.05) is 18.2 Å². The molecule has 2 aliphatic heterocycles. The summed E-state index contributed by atoms with van der Waals surface area (Å²) in [5, 5.41) is 3.59. The Kier molecular flexibility index (Phi) is 3.95. The number of aromatic nitrogens is 4. The topological polar surface area (TPSA) is 74.5 Å². The highest BCUT2D eigenvalue weighted by molar-refractivity contribution is 5.98. The first kappa shape index (κ1) is 17.1. The van der Waals surface area contributed by atoms with E-state index < -0.39 is 0 Å². The summed E-state index contributed by atoms with van der Waals surface area (Å²) in [4.78, 5) is 23.0. The van der Waals surface area contributed by atoms with Gasteiger partial charge in [-0.1, -0.05) is 24.3 Å². The van der Waals surface area contributed by atoms with Gasteiger partial charge in [0, 0.05) is 25.1 Å². The highest BCUT2D eigenvalue weighted by Gasteiger charge is 2.36. The van der Waals surface area contributed by atoms with Gasteiger partial charge in [-0.2, -0.15) is 0 Å². The van der Waals surface area contributed by atoms with Crippen LogP contribution in [0.3, 0.4) is 0 Å². The van der Waals surface area contributed by atoms with E-state index in [-0.39, 0.29) is 6.17 Å². The number of fused-ring (bicyclic) bond motifs is 5. The Hall–Kier alpha value is -3.78. The second kappa shape index (κ2) is 6.93. The minimum Gasteiger partial charge on any atom is -0.330 e. The zero-order valence-electron chi connectivity index (χ0n) is 16.3. The molecule has 0 fully saturated rings. The van der Waals surface area contributed by atoms with Crippen molar-refractivity contribution in [2.45, 2.75) is 12.7 Å². The van der Waals surface area contributed by atoms with Crippen LogP contribution < -0.4 is 10.2 Å². The Labute approximate surface area is 173 Å². The van der Waals surface area contributed by atoms with E-state index in [1.54, 1.807) is 6.20 Å². The van der Waals surface area contributed by atoms with Gasteiger partial charge in [0.1, 0.15) is 0 Å². The SMILES string of the molecule is c1ccc(C2NC3=NCN(Cc4cccnc4)CN3c3nc4ccccc4n32)nc1. The number of guanidine groups is 1. The number of imidazole rings is 1. The lowest BCUT2D eigenvalue weighted by molar-refractivity contribution is 0.263. The summed E-state index contributed by atoms with van der Waals surface area (Å²) in [6.07, 6.45) is 5.36. The third kappa shape index (κ3) is 2.81. The van der Waals surface area contributed by atoms with Gasteiger partial charge in [0.2, 0.25) is 11.9 Å². The lowest BCUT2D eigenvalue weighted by atomic mass is 10.2. The molecule has 0 saturated heterocycles. The fourth-order valence-electron chi connectivity index (χ4n) is 4.10. The van der Waals surface area contributed by atoms with Crippen LogP contribution in [-0.4, -0.2) is 43.7 Å². The highest BCUT2D eigenvalue weighted by atomic mass is 15.5. The van der Waals surface area contributed by atoms with E-state index in [0.717, 1.165) is 35.2 Å². The molecule has 6 rings (SSSR count). The van der Waals surface area contributed by atoms with Crippen molar-refractivity contribution in [3.63, 3.8) is 0 Å². The van der Waals surface area contributed by atoms with Gasteiger partial charge in [-0.3, -0.25) is 24.3 Å². The number of para-hydroxylation sites is 2. The van der Waals surface area contributed by atoms with Crippen LogP contribution in [0.5, 0.6) is 0 Å². The molecule has 8 heteroatoms. The molecule has 0 bridgehead atoms. The Bertz CT molecular complexity index is 1220. The predicted molar refractivity (Wildman–Crippen MR) is 115 cm³/mol. The minimum atomic E-state index is -0.159. The molecule has 4 aromatic rings. The van der Waals surface area contributed by atoms with Crippen LogP contribution in [0.25, 0.3) is 11.0 Å². The van der Waals surface area contributed by atoms with Crippen molar-refractivity contribution >= 4 is 22.9 Å². The van der Waals surface area contributed by atoms with Gasteiger partial charge in [-0.25, -0.2) is 9.98 Å². The van der Waals surface area contributed by atoms with Crippen LogP contribution in [0, 0.1) is 0 Å². The maximum Gasteiger partial charge on any atom is 0.216 e. The van der Waals surface area contributed by atoms with E-state index in [4.69, 9.17) is 9.98 Å². The molecule has 2 aliphatic rings. The van der Waals surface area contributed by atoms with E-state index in [1.165, 1.54) is 5.56 Å². The molecule has 0 saturated carbocycles. The van der Waals surface area contributed by atoms with Crippen LogP contribution in [-0.2, 0) is 6.54 Å². The quantitative estimate of drug-likeness (QED) is 0.574. The van der Waals surface area contributed by atoms with Crippen molar-refractivity contribution < 1.29 is 0 Å². The molecule has 0 radical (unpaired) electrons. The zero-order valence-corrected chi connectivity index (χ0v) is 16.3. The summed E-state index contributed by atoms with van der Waals surface area (Å²) in [5.74, 6) is 1.70. The molecule has 3 aromatic heterocycles. The second-order valence-corrected chi connectivity index (χ2v) is 7.45. The number of anilines is 1. The predicted octanol–water partition coefficient (Wildman–Crippen LogP) is 2.57. The Morgan fingerprint density at radius 2 is 1.93 bits per heavy atom. The fourth-order valence-corrected chi connectivity index (χ4v) is 4.10. The monoisotopic (exact) mass is 396 g/mol. The summed E-state index contributed by atoms with van der Waals surface area (Å²) in [6, 6.07) is 18.2. The normalized spacial score (nSPS) is 18.5. The van der Waals surface area contributed by atoms with Gasteiger partial charge < -0.3 is 5.32 Å². The molecule has 1 aromatic carbocycles. The van der Waals surface area contributed by atoms with E-state index in [9.17, 15) is 0 Å². The lowest BCUT2D eigenvalue weighted by Crippen LogP contribution is -2.57. The van der Waals surface area contributed by atoms with E-state index >= 15 is 0 Å². The molecule has 0 amide bonds. The number of nitrogens with one attached hydrogen (secondary N) is 1. The van der Waals surface area contributed by atoms with Gasteiger partial charge in [-0.05, 0) is 35.9 Å². The first-order valence-corrected chi connectivity index (χ1v) is 9.94. The number of aliphatic imine (C=N–C) groups is 1. The Morgan fingerprint density at radius 3 is 2.80 bits per heavy atom. The van der Waals surface area contributed by atoms with E-state index in [2.05, 4.69) is 41.8 Å². The van der Waals surface area contributed by atoms with Crippen LogP contribution in [0.1, 0.15) is 17.4 Å². The van der Waals surface area contributed by atoms with Gasteiger partial charge >= 0.3 is 0 Å². The van der Waals surface area contributed by atoms with Gasteiger partial charge in [-0.15, -0.1) is 0 Å².